The zero-order valence-corrected chi connectivity index (χ0v) is 5.65. The van der Waals surface area contributed by atoms with Gasteiger partial charge in [-0.25, -0.2) is 0 Å². The number of nitrogens with zero attached hydrogens (tertiary/aromatic N) is 4. The first-order valence-corrected chi connectivity index (χ1v) is 2.86. The molecule has 1 unspecified atom stereocenters. The van der Waals surface area contributed by atoms with Crippen LogP contribution >= 0.6 is 0 Å². The molecule has 0 aliphatic carbocycles. The largest absolute Gasteiger partial charge is 0.198 e. The average molecular weight is 144 g/mol. The summed E-state index contributed by atoms with van der Waals surface area (Å²) < 4.78 is 0. The molecule has 0 aliphatic heterocycles. The van der Waals surface area contributed by atoms with Gasteiger partial charge in [0.2, 0.25) is 0 Å². The summed E-state index contributed by atoms with van der Waals surface area (Å²) in [4.78, 5) is 0. The zero-order valence-electron chi connectivity index (χ0n) is 5.65. The van der Waals surface area contributed by atoms with Crippen molar-refractivity contribution in [1.82, 2.24) is 0 Å². The Balaban J connectivity index is 4.33. The van der Waals surface area contributed by atoms with Gasteiger partial charge in [-0.3, -0.25) is 0 Å². The lowest BCUT2D eigenvalue weighted by molar-refractivity contribution is 0.602. The second-order valence-corrected chi connectivity index (χ2v) is 1.83. The molecule has 4 heteroatoms. The summed E-state index contributed by atoms with van der Waals surface area (Å²) >= 11 is 0. The standard InChI is InChI=1S/C7H4N4/c8-2-1-6(3-9)7(4-10)5-11/h6-7H,1H2. The van der Waals surface area contributed by atoms with Crippen molar-refractivity contribution >= 4 is 0 Å². The number of nitriles is 4. The number of hydrogen-bond donors (Lipinski definition) is 0. The second kappa shape index (κ2) is 4.80. The fraction of sp³-hybridized carbons (Fsp3) is 0.429. The minimum Gasteiger partial charge on any atom is -0.198 e. The minimum atomic E-state index is -0.986. The SMILES string of the molecule is N#CCC(C#N)C(C#N)C#N. The van der Waals surface area contributed by atoms with Gasteiger partial charge in [-0.2, -0.15) is 21.0 Å². The van der Waals surface area contributed by atoms with Gasteiger partial charge in [0.15, 0.2) is 0 Å². The predicted octanol–water partition coefficient (Wildman–Crippen LogP) is 0.703. The molecule has 0 spiro atoms. The highest BCUT2D eigenvalue weighted by Crippen LogP contribution is 2.12. The average Bonchev–Trinajstić information content (AvgIpc) is 2.05. The Kier molecular flexibility index (Phi) is 3.91. The van der Waals surface area contributed by atoms with Gasteiger partial charge >= 0.3 is 0 Å². The summed E-state index contributed by atoms with van der Waals surface area (Å²) in [6, 6.07) is 6.79. The summed E-state index contributed by atoms with van der Waals surface area (Å²) in [5.74, 6) is -1.77. The molecule has 0 rings (SSSR count). The van der Waals surface area contributed by atoms with Crippen LogP contribution < -0.4 is 0 Å². The normalized spacial score (nSPS) is 10.3. The lowest BCUT2D eigenvalue weighted by Crippen LogP contribution is -2.08. The van der Waals surface area contributed by atoms with Crippen LogP contribution in [0.3, 0.4) is 0 Å². The van der Waals surface area contributed by atoms with Crippen LogP contribution in [0.25, 0.3) is 0 Å². The molecule has 0 aliphatic rings. The monoisotopic (exact) mass is 144 g/mol. The van der Waals surface area contributed by atoms with E-state index in [1.54, 1.807) is 24.3 Å². The second-order valence-electron chi connectivity index (χ2n) is 1.83. The van der Waals surface area contributed by atoms with E-state index in [0.29, 0.717) is 0 Å². The first kappa shape index (κ1) is 8.96. The van der Waals surface area contributed by atoms with Gasteiger partial charge in [0, 0.05) is 0 Å². The Morgan fingerprint density at radius 2 is 1.45 bits per heavy atom. The third-order valence-electron chi connectivity index (χ3n) is 1.16. The summed E-state index contributed by atoms with van der Waals surface area (Å²) in [5.41, 5.74) is 0. The van der Waals surface area contributed by atoms with Crippen molar-refractivity contribution in [2.45, 2.75) is 6.42 Å². The maximum Gasteiger partial charge on any atom is 0.150 e. The molecule has 1 atom stereocenters. The van der Waals surface area contributed by atoms with Gasteiger partial charge in [-0.1, -0.05) is 0 Å². The minimum absolute atomic E-state index is 0.0672. The maximum atomic E-state index is 8.39. The van der Waals surface area contributed by atoms with Crippen LogP contribution in [-0.4, -0.2) is 0 Å². The molecule has 0 aromatic carbocycles. The fourth-order valence-corrected chi connectivity index (χ4v) is 0.545. The van der Waals surface area contributed by atoms with E-state index in [9.17, 15) is 0 Å². The van der Waals surface area contributed by atoms with Gasteiger partial charge in [-0.15, -0.1) is 0 Å². The van der Waals surface area contributed by atoms with Crippen molar-refractivity contribution in [2.24, 2.45) is 11.8 Å². The lowest BCUT2D eigenvalue weighted by atomic mass is 9.94. The van der Waals surface area contributed by atoms with Crippen LogP contribution in [0.15, 0.2) is 0 Å². The van der Waals surface area contributed by atoms with Gasteiger partial charge < -0.3 is 0 Å². The Morgan fingerprint density at radius 1 is 0.909 bits per heavy atom. The van der Waals surface area contributed by atoms with E-state index in [-0.39, 0.29) is 6.42 Å². The van der Waals surface area contributed by atoms with E-state index in [2.05, 4.69) is 0 Å². The van der Waals surface area contributed by atoms with E-state index < -0.39 is 11.8 Å². The van der Waals surface area contributed by atoms with Crippen molar-refractivity contribution in [3.05, 3.63) is 0 Å². The molecular formula is C7H4N4. The highest BCUT2D eigenvalue weighted by atomic mass is 14.4. The quantitative estimate of drug-likeness (QED) is 0.569. The van der Waals surface area contributed by atoms with Gasteiger partial charge in [0.05, 0.1) is 36.6 Å². The van der Waals surface area contributed by atoms with E-state index in [0.717, 1.165) is 0 Å². The van der Waals surface area contributed by atoms with Crippen molar-refractivity contribution in [1.29, 1.82) is 21.0 Å². The van der Waals surface area contributed by atoms with Crippen LogP contribution in [0.5, 0.6) is 0 Å². The predicted molar refractivity (Wildman–Crippen MR) is 34.0 cm³/mol. The van der Waals surface area contributed by atoms with Crippen LogP contribution in [0, 0.1) is 57.2 Å². The fourth-order valence-electron chi connectivity index (χ4n) is 0.545. The van der Waals surface area contributed by atoms with Crippen molar-refractivity contribution in [3.63, 3.8) is 0 Å². The lowest BCUT2D eigenvalue weighted by Gasteiger charge is -2.00. The third kappa shape index (κ3) is 2.35. The summed E-state index contributed by atoms with van der Waals surface area (Å²) in [6.45, 7) is 0. The number of hydrogen-bond acceptors (Lipinski definition) is 4. The van der Waals surface area contributed by atoms with Crippen LogP contribution in [-0.2, 0) is 0 Å². The van der Waals surface area contributed by atoms with Gasteiger partial charge in [0.1, 0.15) is 5.92 Å². The van der Waals surface area contributed by atoms with Crippen molar-refractivity contribution in [3.8, 4) is 24.3 Å². The van der Waals surface area contributed by atoms with E-state index in [4.69, 9.17) is 21.0 Å². The molecule has 0 amide bonds. The molecule has 4 nitrogen and oxygen atoms in total. The van der Waals surface area contributed by atoms with Gasteiger partial charge in [0.25, 0.3) is 0 Å². The topological polar surface area (TPSA) is 95.2 Å². The molecule has 52 valence electrons. The summed E-state index contributed by atoms with van der Waals surface area (Å²) in [5, 5.41) is 33.2. The number of rotatable bonds is 2. The molecule has 0 saturated heterocycles. The molecule has 0 N–H and O–H groups in total. The molecule has 0 saturated carbocycles. The Bertz CT molecular complexity index is 266. The molecule has 0 aromatic heterocycles. The maximum absolute atomic E-state index is 8.39. The highest BCUT2D eigenvalue weighted by molar-refractivity contribution is 5.10. The van der Waals surface area contributed by atoms with Crippen molar-refractivity contribution in [2.75, 3.05) is 0 Å². The Morgan fingerprint density at radius 3 is 1.73 bits per heavy atom. The Labute approximate surface area is 64.5 Å². The van der Waals surface area contributed by atoms with Crippen LogP contribution in [0.4, 0.5) is 0 Å². The molecule has 11 heavy (non-hydrogen) atoms. The molecule has 0 bridgehead atoms. The highest BCUT2D eigenvalue weighted by Gasteiger charge is 2.19. The smallest absolute Gasteiger partial charge is 0.150 e. The van der Waals surface area contributed by atoms with E-state index in [1.807, 2.05) is 0 Å². The summed E-state index contributed by atoms with van der Waals surface area (Å²) in [6.07, 6.45) is -0.0672. The first-order valence-electron chi connectivity index (χ1n) is 2.86. The zero-order chi connectivity index (χ0) is 8.69. The molecule has 0 aromatic rings. The molecule has 0 fully saturated rings. The molecule has 0 heterocycles. The van der Waals surface area contributed by atoms with Crippen LogP contribution in [0.2, 0.25) is 0 Å². The first-order chi connectivity index (χ1) is 5.29. The third-order valence-corrected chi connectivity index (χ3v) is 1.16. The molecule has 0 radical (unpaired) electrons. The van der Waals surface area contributed by atoms with Crippen LogP contribution in [0.1, 0.15) is 6.42 Å². The van der Waals surface area contributed by atoms with E-state index >= 15 is 0 Å². The van der Waals surface area contributed by atoms with E-state index in [1.165, 1.54) is 0 Å². The van der Waals surface area contributed by atoms with Crippen molar-refractivity contribution < 1.29 is 0 Å². The molecular weight excluding hydrogens is 140 g/mol. The summed E-state index contributed by atoms with van der Waals surface area (Å²) in [7, 11) is 0. The Hall–Kier alpha value is -2.04. The van der Waals surface area contributed by atoms with Gasteiger partial charge in [-0.05, 0) is 0 Å².